The molecule has 2 rings (SSSR count). The molecule has 4 atom stereocenters. The topological polar surface area (TPSA) is 174 Å². The van der Waals surface area contributed by atoms with E-state index in [9.17, 15) is 42.3 Å². The number of hydrogen-bond donors (Lipinski definition) is 4. The molecule has 290 valence electrons. The third kappa shape index (κ3) is 13.3. The summed E-state index contributed by atoms with van der Waals surface area (Å²) in [5.74, 6) is -5.39. The largest absolute Gasteiger partial charge is 0.347 e. The zero-order valence-corrected chi connectivity index (χ0v) is 31.6. The lowest BCUT2D eigenvalue weighted by Gasteiger charge is -2.36. The molecule has 0 spiro atoms. The second-order valence-electron chi connectivity index (χ2n) is 15.4. The van der Waals surface area contributed by atoms with Crippen molar-refractivity contribution in [3.05, 3.63) is 35.9 Å². The van der Waals surface area contributed by atoms with Crippen LogP contribution in [0.1, 0.15) is 98.1 Å². The number of ketones is 1. The van der Waals surface area contributed by atoms with Crippen molar-refractivity contribution >= 4 is 41.2 Å². The molecule has 1 aromatic rings. The highest BCUT2D eigenvalue weighted by Crippen LogP contribution is 2.29. The van der Waals surface area contributed by atoms with Crippen molar-refractivity contribution in [2.45, 2.75) is 117 Å². The highest BCUT2D eigenvalue weighted by molar-refractivity contribution is 6.38. The molecule has 1 heterocycles. The summed E-state index contributed by atoms with van der Waals surface area (Å²) in [6, 6.07) is 3.57. The molecule has 1 fully saturated rings. The molecular weight excluding hydrogens is 678 g/mol. The quantitative estimate of drug-likeness (QED) is 0.168. The van der Waals surface area contributed by atoms with Gasteiger partial charge in [-0.05, 0) is 42.1 Å². The summed E-state index contributed by atoms with van der Waals surface area (Å²) < 4.78 is 26.5. The first-order valence-electron chi connectivity index (χ1n) is 17.7. The lowest BCUT2D eigenvalue weighted by Crippen LogP contribution is -2.59. The molecule has 0 aromatic heterocycles. The molecule has 1 aromatic carbocycles. The Morgan fingerprint density at radius 2 is 1.54 bits per heavy atom. The van der Waals surface area contributed by atoms with E-state index in [0.29, 0.717) is 12.0 Å². The number of carbonyl (C=O) groups excluding carboxylic acids is 7. The van der Waals surface area contributed by atoms with Crippen LogP contribution in [-0.2, 0) is 33.6 Å². The molecule has 1 saturated heterocycles. The summed E-state index contributed by atoms with van der Waals surface area (Å²) in [6.07, 6.45) is -1.69. The van der Waals surface area contributed by atoms with E-state index >= 15 is 0 Å². The van der Waals surface area contributed by atoms with Gasteiger partial charge < -0.3 is 31.1 Å². The van der Waals surface area contributed by atoms with Crippen molar-refractivity contribution in [3.8, 4) is 0 Å². The van der Waals surface area contributed by atoms with Crippen LogP contribution in [0.15, 0.2) is 30.3 Å². The number of amides is 6. The van der Waals surface area contributed by atoms with E-state index in [1.54, 1.807) is 51.1 Å². The molecule has 1 aliphatic rings. The molecule has 15 heteroatoms. The highest BCUT2D eigenvalue weighted by Gasteiger charge is 2.43. The Kier molecular flexibility index (Phi) is 16.3. The Hall–Kier alpha value is -4.43. The molecule has 0 aliphatic carbocycles. The van der Waals surface area contributed by atoms with E-state index in [1.165, 1.54) is 23.9 Å². The molecule has 4 unspecified atom stereocenters. The van der Waals surface area contributed by atoms with Crippen LogP contribution in [0.2, 0.25) is 0 Å². The number of nitrogens with zero attached hydrogens (tertiary/aromatic N) is 2. The zero-order valence-electron chi connectivity index (χ0n) is 31.6. The fourth-order valence-electron chi connectivity index (χ4n) is 6.17. The van der Waals surface area contributed by atoms with Gasteiger partial charge in [-0.25, -0.2) is 8.78 Å². The first-order chi connectivity index (χ1) is 24.2. The number of likely N-dealkylation sites (tertiary alicyclic amines) is 1. The summed E-state index contributed by atoms with van der Waals surface area (Å²) in [5, 5.41) is 9.93. The maximum Gasteiger partial charge on any atom is 0.290 e. The Morgan fingerprint density at radius 3 is 2.10 bits per heavy atom. The average molecular weight is 735 g/mol. The summed E-state index contributed by atoms with van der Waals surface area (Å²) >= 11 is 0. The minimum absolute atomic E-state index is 0.187. The van der Waals surface area contributed by atoms with Crippen molar-refractivity contribution in [1.82, 2.24) is 31.1 Å². The van der Waals surface area contributed by atoms with Gasteiger partial charge in [0.05, 0.1) is 12.6 Å². The number of likely N-dealkylation sites (N-methyl/N-ethyl adjacent to an activating group) is 1. The van der Waals surface area contributed by atoms with E-state index in [0.717, 1.165) is 12.8 Å². The van der Waals surface area contributed by atoms with E-state index in [1.807, 2.05) is 20.8 Å². The first kappa shape index (κ1) is 43.7. The van der Waals surface area contributed by atoms with Crippen LogP contribution in [0.4, 0.5) is 8.78 Å². The summed E-state index contributed by atoms with van der Waals surface area (Å²) in [6.45, 7) is 10.8. The van der Waals surface area contributed by atoms with Crippen LogP contribution in [-0.4, -0.2) is 103 Å². The average Bonchev–Trinajstić information content (AvgIpc) is 3.56. The molecule has 0 radical (unpaired) electrons. The van der Waals surface area contributed by atoms with Crippen LogP contribution < -0.4 is 21.3 Å². The number of rotatable bonds is 18. The van der Waals surface area contributed by atoms with Gasteiger partial charge in [-0.2, -0.15) is 0 Å². The van der Waals surface area contributed by atoms with Gasteiger partial charge in [-0.1, -0.05) is 78.3 Å². The van der Waals surface area contributed by atoms with Gasteiger partial charge in [-0.15, -0.1) is 0 Å². The smallest absolute Gasteiger partial charge is 0.290 e. The Balaban J connectivity index is 2.16. The summed E-state index contributed by atoms with van der Waals surface area (Å²) in [5.41, 5.74) is -0.531. The third-order valence-corrected chi connectivity index (χ3v) is 8.89. The van der Waals surface area contributed by atoms with Gasteiger partial charge >= 0.3 is 0 Å². The van der Waals surface area contributed by atoms with Gasteiger partial charge in [-0.3, -0.25) is 33.6 Å². The molecule has 6 amide bonds. The number of nitrogens with one attached hydrogen (secondary N) is 4. The van der Waals surface area contributed by atoms with Crippen molar-refractivity contribution in [2.24, 2.45) is 10.8 Å². The number of alkyl halides is 2. The third-order valence-electron chi connectivity index (χ3n) is 8.89. The van der Waals surface area contributed by atoms with Crippen molar-refractivity contribution < 1.29 is 42.3 Å². The monoisotopic (exact) mass is 734 g/mol. The molecule has 0 bridgehead atoms. The van der Waals surface area contributed by atoms with E-state index in [-0.39, 0.29) is 30.7 Å². The maximum atomic E-state index is 13.9. The summed E-state index contributed by atoms with van der Waals surface area (Å²) in [7, 11) is 3.02. The van der Waals surface area contributed by atoms with Crippen LogP contribution in [0.3, 0.4) is 0 Å². The second-order valence-corrected chi connectivity index (χ2v) is 15.4. The molecule has 4 N–H and O–H groups in total. The Bertz CT molecular complexity index is 1430. The Labute approximate surface area is 305 Å². The Morgan fingerprint density at radius 1 is 0.904 bits per heavy atom. The minimum Gasteiger partial charge on any atom is -0.347 e. The van der Waals surface area contributed by atoms with Crippen molar-refractivity contribution in [2.75, 3.05) is 27.2 Å². The molecular formula is C37H56F2N6O7. The van der Waals surface area contributed by atoms with Crippen LogP contribution in [0.5, 0.6) is 0 Å². The van der Waals surface area contributed by atoms with Gasteiger partial charge in [0, 0.05) is 33.5 Å². The lowest BCUT2D eigenvalue weighted by atomic mass is 9.82. The number of halogens is 2. The predicted octanol–water partition coefficient (Wildman–Crippen LogP) is 2.89. The zero-order chi connectivity index (χ0) is 39.4. The number of hydrogen-bond acceptors (Lipinski definition) is 7. The molecule has 1 aliphatic heterocycles. The van der Waals surface area contributed by atoms with Crippen LogP contribution in [0, 0.1) is 10.8 Å². The van der Waals surface area contributed by atoms with E-state index < -0.39 is 90.7 Å². The van der Waals surface area contributed by atoms with E-state index in [2.05, 4.69) is 21.3 Å². The minimum atomic E-state index is -2.84. The van der Waals surface area contributed by atoms with Crippen LogP contribution in [0.25, 0.3) is 0 Å². The fraction of sp³-hybridized carbons (Fsp3) is 0.649. The highest BCUT2D eigenvalue weighted by atomic mass is 19.3. The van der Waals surface area contributed by atoms with Crippen molar-refractivity contribution in [3.63, 3.8) is 0 Å². The standard InChI is InChI=1S/C37H56F2N6O7/c1-9-19-37(5,6)21-27(46)43-31(36(2,3)4)35(52)45-20-13-16-25(45)32(49)41-24(17-18-26(38)39)30(48)33(50)40-22-28(47)42-29(34(51)44(7)8)23-14-11-10-12-15-23/h10-12,14-15,24-26,29,31H,9,13,16-22H2,1-8H3,(H,40,50)(H,41,49)(H,42,47)(H,43,46). The van der Waals surface area contributed by atoms with Gasteiger partial charge in [0.25, 0.3) is 5.91 Å². The van der Waals surface area contributed by atoms with Gasteiger partial charge in [0.2, 0.25) is 41.7 Å². The normalized spacial score (nSPS) is 16.4. The lowest BCUT2D eigenvalue weighted by molar-refractivity contribution is -0.145. The maximum absolute atomic E-state index is 13.9. The second kappa shape index (κ2) is 19.4. The number of benzene rings is 1. The fourth-order valence-corrected chi connectivity index (χ4v) is 6.17. The molecule has 0 saturated carbocycles. The van der Waals surface area contributed by atoms with Crippen molar-refractivity contribution in [1.29, 1.82) is 0 Å². The SMILES string of the molecule is CCCC(C)(C)CC(=O)NC(C(=O)N1CCCC1C(=O)NC(CCC(F)F)C(=O)C(=O)NCC(=O)NC(C(=O)N(C)C)c1ccccc1)C(C)(C)C. The first-order valence-corrected chi connectivity index (χ1v) is 17.7. The van der Waals surface area contributed by atoms with Gasteiger partial charge in [0.15, 0.2) is 0 Å². The summed E-state index contributed by atoms with van der Waals surface area (Å²) in [4.78, 5) is 94.8. The van der Waals surface area contributed by atoms with Gasteiger partial charge in [0.1, 0.15) is 18.1 Å². The van der Waals surface area contributed by atoms with E-state index in [4.69, 9.17) is 0 Å². The number of Topliss-reactive ketones (excluding diaryl/α,β-unsaturated/α-hetero) is 1. The molecule has 52 heavy (non-hydrogen) atoms. The molecule has 13 nitrogen and oxygen atoms in total. The van der Waals surface area contributed by atoms with Crippen LogP contribution >= 0.6 is 0 Å². The number of carbonyl (C=O) groups is 7. The predicted molar refractivity (Wildman–Crippen MR) is 191 cm³/mol.